The molecule has 0 spiro atoms. The molecule has 3 aromatic rings. The average molecular weight is 251 g/mol. The molecule has 1 atom stereocenters. The summed E-state index contributed by atoms with van der Waals surface area (Å²) in [5.74, 6) is -0.894. The quantitative estimate of drug-likeness (QED) is 0.749. The smallest absolute Gasteiger partial charge is 0.231 e. The third kappa shape index (κ3) is 1.97. The van der Waals surface area contributed by atoms with E-state index < -0.39 is 5.92 Å². The van der Waals surface area contributed by atoms with Gasteiger partial charge in [0.15, 0.2) is 0 Å². The van der Waals surface area contributed by atoms with Crippen LogP contribution >= 0.6 is 0 Å². The largest absolute Gasteiger partial charge is 0.369 e. The van der Waals surface area contributed by atoms with Crippen LogP contribution in [0.15, 0.2) is 54.6 Å². The predicted molar refractivity (Wildman–Crippen MR) is 73.6 cm³/mol. The molecular formula is C15H13N3O. The number of carbonyl (C=O) groups excluding carboxylic acids is 1. The lowest BCUT2D eigenvalue weighted by Gasteiger charge is -2.12. The fourth-order valence-corrected chi connectivity index (χ4v) is 2.32. The van der Waals surface area contributed by atoms with E-state index in [1.54, 1.807) is 0 Å². The first-order valence-corrected chi connectivity index (χ1v) is 6.04. The number of nitrogens with two attached hydrogens (primary N) is 1. The number of nitrogens with zero attached hydrogens (tertiary/aromatic N) is 1. The van der Waals surface area contributed by atoms with E-state index in [1.807, 2.05) is 54.6 Å². The van der Waals surface area contributed by atoms with Crippen molar-refractivity contribution in [1.82, 2.24) is 10.2 Å². The highest BCUT2D eigenvalue weighted by molar-refractivity contribution is 5.92. The van der Waals surface area contributed by atoms with Crippen molar-refractivity contribution >= 4 is 16.8 Å². The van der Waals surface area contributed by atoms with Crippen LogP contribution in [0, 0.1) is 0 Å². The molecule has 0 fully saturated rings. The van der Waals surface area contributed by atoms with Gasteiger partial charge in [-0.05, 0) is 11.6 Å². The summed E-state index contributed by atoms with van der Waals surface area (Å²) in [7, 11) is 0. The first-order chi connectivity index (χ1) is 9.27. The van der Waals surface area contributed by atoms with E-state index in [0.717, 1.165) is 22.2 Å². The van der Waals surface area contributed by atoms with Crippen LogP contribution in [-0.2, 0) is 4.79 Å². The Kier molecular flexibility index (Phi) is 2.76. The van der Waals surface area contributed by atoms with Gasteiger partial charge in [-0.3, -0.25) is 9.89 Å². The van der Waals surface area contributed by atoms with E-state index in [1.165, 1.54) is 0 Å². The van der Waals surface area contributed by atoms with Crippen molar-refractivity contribution in [2.24, 2.45) is 5.73 Å². The number of aromatic nitrogens is 2. The molecule has 4 nitrogen and oxygen atoms in total. The van der Waals surface area contributed by atoms with Gasteiger partial charge in [0.25, 0.3) is 0 Å². The van der Waals surface area contributed by atoms with Gasteiger partial charge < -0.3 is 5.73 Å². The highest BCUT2D eigenvalue weighted by atomic mass is 16.1. The normalized spacial score (nSPS) is 12.4. The Hall–Kier alpha value is -2.62. The summed E-state index contributed by atoms with van der Waals surface area (Å²) in [6.45, 7) is 0. The van der Waals surface area contributed by atoms with Gasteiger partial charge in [-0.25, -0.2) is 0 Å². The Balaban J connectivity index is 2.18. The van der Waals surface area contributed by atoms with Crippen LogP contribution in [0.4, 0.5) is 0 Å². The van der Waals surface area contributed by atoms with Crippen molar-refractivity contribution in [3.63, 3.8) is 0 Å². The van der Waals surface area contributed by atoms with Gasteiger partial charge in [0.1, 0.15) is 5.92 Å². The van der Waals surface area contributed by atoms with Crippen molar-refractivity contribution in [3.8, 4) is 0 Å². The zero-order chi connectivity index (χ0) is 13.2. The molecule has 2 aromatic carbocycles. The van der Waals surface area contributed by atoms with Crippen LogP contribution in [0.2, 0.25) is 0 Å². The zero-order valence-electron chi connectivity index (χ0n) is 10.2. The number of nitrogens with one attached hydrogen (secondary N) is 1. The summed E-state index contributed by atoms with van der Waals surface area (Å²) < 4.78 is 0. The third-order valence-electron chi connectivity index (χ3n) is 3.20. The predicted octanol–water partition coefficient (Wildman–Crippen LogP) is 2.18. The molecule has 0 radical (unpaired) electrons. The molecular weight excluding hydrogens is 238 g/mol. The molecule has 3 rings (SSSR count). The number of carbonyl (C=O) groups is 1. The van der Waals surface area contributed by atoms with Crippen LogP contribution in [-0.4, -0.2) is 16.1 Å². The first kappa shape index (κ1) is 11.5. The topological polar surface area (TPSA) is 71.8 Å². The average Bonchev–Trinajstić information content (AvgIpc) is 2.84. The number of rotatable bonds is 3. The zero-order valence-corrected chi connectivity index (χ0v) is 10.2. The Morgan fingerprint density at radius 2 is 1.74 bits per heavy atom. The van der Waals surface area contributed by atoms with Crippen LogP contribution in [0.5, 0.6) is 0 Å². The fraction of sp³-hybridized carbons (Fsp3) is 0.0667. The van der Waals surface area contributed by atoms with E-state index >= 15 is 0 Å². The highest BCUT2D eigenvalue weighted by Gasteiger charge is 2.23. The van der Waals surface area contributed by atoms with Gasteiger partial charge >= 0.3 is 0 Å². The van der Waals surface area contributed by atoms with Crippen LogP contribution in [0.25, 0.3) is 10.9 Å². The minimum atomic E-state index is -0.506. The summed E-state index contributed by atoms with van der Waals surface area (Å²) in [5.41, 5.74) is 8.01. The summed E-state index contributed by atoms with van der Waals surface area (Å²) in [5, 5.41) is 8.08. The number of para-hydroxylation sites is 1. The standard InChI is InChI=1S/C15H13N3O/c16-15(19)13(10-6-2-1-3-7-10)14-11-8-4-5-9-12(11)17-18-14/h1-9,13H,(H2,16,19)(H,17,18). The fourth-order valence-electron chi connectivity index (χ4n) is 2.32. The van der Waals surface area contributed by atoms with Gasteiger partial charge in [0.05, 0.1) is 11.2 Å². The number of hydrogen-bond donors (Lipinski definition) is 2. The maximum absolute atomic E-state index is 11.8. The molecule has 0 saturated carbocycles. The maximum Gasteiger partial charge on any atom is 0.231 e. The lowest BCUT2D eigenvalue weighted by Crippen LogP contribution is -2.22. The van der Waals surface area contributed by atoms with Gasteiger partial charge in [-0.15, -0.1) is 0 Å². The van der Waals surface area contributed by atoms with Gasteiger partial charge in [-0.1, -0.05) is 48.5 Å². The number of amides is 1. The Bertz CT molecular complexity index is 718. The molecule has 1 amide bonds. The number of aromatic amines is 1. The van der Waals surface area contributed by atoms with Crippen LogP contribution in [0.3, 0.4) is 0 Å². The summed E-state index contributed by atoms with van der Waals surface area (Å²) in [6.07, 6.45) is 0. The Morgan fingerprint density at radius 3 is 2.47 bits per heavy atom. The van der Waals surface area contributed by atoms with Crippen molar-refractivity contribution in [3.05, 3.63) is 65.9 Å². The number of fused-ring (bicyclic) bond motifs is 1. The molecule has 0 aliphatic heterocycles. The van der Waals surface area contributed by atoms with Gasteiger partial charge in [-0.2, -0.15) is 5.10 Å². The van der Waals surface area contributed by atoms with E-state index in [4.69, 9.17) is 5.73 Å². The molecule has 1 unspecified atom stereocenters. The van der Waals surface area contributed by atoms with E-state index in [9.17, 15) is 4.79 Å². The second-order valence-electron chi connectivity index (χ2n) is 4.40. The molecule has 4 heteroatoms. The Labute approximate surface area is 110 Å². The number of primary amides is 1. The molecule has 1 aromatic heterocycles. The lowest BCUT2D eigenvalue weighted by atomic mass is 9.93. The highest BCUT2D eigenvalue weighted by Crippen LogP contribution is 2.28. The van der Waals surface area contributed by atoms with Gasteiger partial charge in [0, 0.05) is 5.39 Å². The molecule has 19 heavy (non-hydrogen) atoms. The van der Waals surface area contributed by atoms with Crippen molar-refractivity contribution in [1.29, 1.82) is 0 Å². The Morgan fingerprint density at radius 1 is 1.05 bits per heavy atom. The van der Waals surface area contributed by atoms with Crippen molar-refractivity contribution in [2.75, 3.05) is 0 Å². The van der Waals surface area contributed by atoms with Gasteiger partial charge in [0.2, 0.25) is 5.91 Å². The summed E-state index contributed by atoms with van der Waals surface area (Å²) >= 11 is 0. The second kappa shape index (κ2) is 4.57. The number of H-pyrrole nitrogens is 1. The monoisotopic (exact) mass is 251 g/mol. The molecule has 0 aliphatic carbocycles. The molecule has 0 saturated heterocycles. The molecule has 1 heterocycles. The minimum absolute atomic E-state index is 0.388. The van der Waals surface area contributed by atoms with E-state index in [2.05, 4.69) is 10.2 Å². The van der Waals surface area contributed by atoms with Crippen molar-refractivity contribution in [2.45, 2.75) is 5.92 Å². The molecule has 3 N–H and O–H groups in total. The summed E-state index contributed by atoms with van der Waals surface area (Å²) in [6, 6.07) is 17.2. The van der Waals surface area contributed by atoms with Crippen LogP contribution in [0.1, 0.15) is 17.2 Å². The van der Waals surface area contributed by atoms with Crippen molar-refractivity contribution < 1.29 is 4.79 Å². The lowest BCUT2D eigenvalue weighted by molar-refractivity contribution is -0.118. The molecule has 0 aliphatic rings. The SMILES string of the molecule is NC(=O)C(c1ccccc1)c1[nH]nc2ccccc12. The second-order valence-corrected chi connectivity index (χ2v) is 4.40. The van der Waals surface area contributed by atoms with E-state index in [-0.39, 0.29) is 5.91 Å². The maximum atomic E-state index is 11.8. The summed E-state index contributed by atoms with van der Waals surface area (Å²) in [4.78, 5) is 11.8. The third-order valence-corrected chi connectivity index (χ3v) is 3.20. The molecule has 94 valence electrons. The minimum Gasteiger partial charge on any atom is -0.369 e. The van der Waals surface area contributed by atoms with E-state index in [0.29, 0.717) is 0 Å². The number of benzene rings is 2. The number of hydrogen-bond acceptors (Lipinski definition) is 2. The van der Waals surface area contributed by atoms with Crippen LogP contribution < -0.4 is 5.73 Å². The first-order valence-electron chi connectivity index (χ1n) is 6.04. The molecule has 0 bridgehead atoms.